The molecule has 0 radical (unpaired) electrons. The molecular weight excluding hydrogens is 212 g/mol. The Morgan fingerprint density at radius 2 is 2.12 bits per heavy atom. The monoisotopic (exact) mass is 239 g/mol. The van der Waals surface area contributed by atoms with Gasteiger partial charge in [-0.15, -0.1) is 0 Å². The molecule has 98 valence electrons. The zero-order valence-electron chi connectivity index (χ0n) is 11.6. The first-order chi connectivity index (χ1) is 8.30. The minimum atomic E-state index is 0.676. The summed E-state index contributed by atoms with van der Waals surface area (Å²) in [6.45, 7) is 9.22. The predicted octanol–water partition coefficient (Wildman–Crippen LogP) is 2.99. The number of imidazole rings is 1. The van der Waals surface area contributed by atoms with E-state index in [0.29, 0.717) is 6.73 Å². The predicted molar refractivity (Wildman–Crippen MR) is 69.6 cm³/mol. The highest BCUT2D eigenvalue weighted by Crippen LogP contribution is 2.12. The molecule has 0 aliphatic heterocycles. The van der Waals surface area contributed by atoms with Crippen molar-refractivity contribution in [3.8, 4) is 0 Å². The van der Waals surface area contributed by atoms with Crippen LogP contribution in [-0.2, 0) is 18.0 Å². The Balaban J connectivity index is 2.21. The smallest absolute Gasteiger partial charge is 0.245 e. The lowest BCUT2D eigenvalue weighted by atomic mass is 10.0. The summed E-state index contributed by atoms with van der Waals surface area (Å²) in [7, 11) is 0. The summed E-state index contributed by atoms with van der Waals surface area (Å²) in [6, 6.07) is 0. The van der Waals surface area contributed by atoms with Crippen molar-refractivity contribution in [2.45, 2.75) is 59.7 Å². The van der Waals surface area contributed by atoms with E-state index in [1.807, 2.05) is 0 Å². The van der Waals surface area contributed by atoms with Gasteiger partial charge in [-0.3, -0.25) is 0 Å². The fourth-order valence-electron chi connectivity index (χ4n) is 1.93. The van der Waals surface area contributed by atoms with Gasteiger partial charge in [0.2, 0.25) is 6.33 Å². The number of hydrogen-bond donors (Lipinski definition) is 0. The summed E-state index contributed by atoms with van der Waals surface area (Å²) in [5.74, 6) is 0.726. The Morgan fingerprint density at radius 1 is 1.29 bits per heavy atom. The second kappa shape index (κ2) is 8.29. The van der Waals surface area contributed by atoms with E-state index < -0.39 is 0 Å². The van der Waals surface area contributed by atoms with Gasteiger partial charge in [0, 0.05) is 0 Å². The van der Waals surface area contributed by atoms with Crippen LogP contribution in [0.2, 0.25) is 0 Å². The van der Waals surface area contributed by atoms with Crippen LogP contribution in [0, 0.1) is 5.92 Å². The Hall–Kier alpha value is -0.830. The fourth-order valence-corrected chi connectivity index (χ4v) is 1.93. The largest absolute Gasteiger partial charge is 0.341 e. The zero-order valence-corrected chi connectivity index (χ0v) is 11.6. The molecule has 1 heterocycles. The summed E-state index contributed by atoms with van der Waals surface area (Å²) < 4.78 is 10.0. The number of ether oxygens (including phenoxy) is 1. The quantitative estimate of drug-likeness (QED) is 0.606. The summed E-state index contributed by atoms with van der Waals surface area (Å²) in [4.78, 5) is 0. The topological polar surface area (TPSA) is 18.0 Å². The molecular formula is C14H27N2O+. The SMILES string of the molecule is CCCC[C@@H](CC)COC[n+]1ccn(CC)c1. The molecule has 0 spiro atoms. The average Bonchev–Trinajstić information content (AvgIpc) is 2.81. The van der Waals surface area contributed by atoms with Crippen molar-refractivity contribution in [2.75, 3.05) is 6.61 Å². The van der Waals surface area contributed by atoms with Crippen molar-refractivity contribution < 1.29 is 9.30 Å². The molecule has 0 aliphatic rings. The van der Waals surface area contributed by atoms with E-state index in [1.165, 1.54) is 25.7 Å². The van der Waals surface area contributed by atoms with E-state index in [9.17, 15) is 0 Å². The van der Waals surface area contributed by atoms with Gasteiger partial charge >= 0.3 is 0 Å². The first-order valence-electron chi connectivity index (χ1n) is 6.92. The van der Waals surface area contributed by atoms with Gasteiger partial charge in [-0.2, -0.15) is 0 Å². The van der Waals surface area contributed by atoms with Crippen LogP contribution in [0.15, 0.2) is 18.7 Å². The van der Waals surface area contributed by atoms with E-state index >= 15 is 0 Å². The molecule has 3 nitrogen and oxygen atoms in total. The zero-order chi connectivity index (χ0) is 12.5. The normalized spacial score (nSPS) is 12.9. The Bertz CT molecular complexity index is 296. The molecule has 0 aliphatic carbocycles. The standard InChI is InChI=1S/C14H27N2O/c1-4-7-8-14(5-2)11-17-13-16-10-9-15(6-3)12-16/h9-10,12,14H,4-8,11,13H2,1-3H3/q+1/t14-/m1/s1. The molecule has 0 saturated heterocycles. The molecule has 1 aromatic rings. The Labute approximate surface area is 105 Å². The first-order valence-corrected chi connectivity index (χ1v) is 6.92. The van der Waals surface area contributed by atoms with E-state index in [-0.39, 0.29) is 0 Å². The maximum absolute atomic E-state index is 5.78. The third-order valence-corrected chi connectivity index (χ3v) is 3.25. The van der Waals surface area contributed by atoms with E-state index in [1.54, 1.807) is 0 Å². The highest BCUT2D eigenvalue weighted by Gasteiger charge is 2.07. The molecule has 1 atom stereocenters. The highest BCUT2D eigenvalue weighted by atomic mass is 16.5. The van der Waals surface area contributed by atoms with Crippen molar-refractivity contribution in [1.29, 1.82) is 0 Å². The molecule has 1 rings (SSSR count). The second-order valence-electron chi connectivity index (χ2n) is 4.67. The lowest BCUT2D eigenvalue weighted by Crippen LogP contribution is -2.33. The van der Waals surface area contributed by atoms with E-state index in [0.717, 1.165) is 19.1 Å². The summed E-state index contributed by atoms with van der Waals surface area (Å²) >= 11 is 0. The van der Waals surface area contributed by atoms with Gasteiger partial charge in [-0.25, -0.2) is 9.13 Å². The molecule has 0 fully saturated rings. The van der Waals surface area contributed by atoms with E-state index in [2.05, 4.69) is 48.6 Å². The molecule has 0 saturated carbocycles. The molecule has 0 aromatic carbocycles. The molecule has 0 N–H and O–H groups in total. The van der Waals surface area contributed by atoms with Gasteiger partial charge in [-0.1, -0.05) is 33.1 Å². The maximum atomic E-state index is 5.78. The summed E-state index contributed by atoms with van der Waals surface area (Å²) in [6.07, 6.45) is 11.4. The van der Waals surface area contributed by atoms with Gasteiger partial charge in [0.1, 0.15) is 12.4 Å². The van der Waals surface area contributed by atoms with Gasteiger partial charge in [-0.05, 0) is 19.3 Å². The molecule has 0 unspecified atom stereocenters. The number of aryl methyl sites for hydroxylation is 1. The summed E-state index contributed by atoms with van der Waals surface area (Å²) in [5, 5.41) is 0. The third kappa shape index (κ3) is 5.35. The van der Waals surface area contributed by atoms with Gasteiger partial charge < -0.3 is 4.74 Å². The van der Waals surface area contributed by atoms with Crippen molar-refractivity contribution in [2.24, 2.45) is 5.92 Å². The van der Waals surface area contributed by atoms with Crippen LogP contribution >= 0.6 is 0 Å². The van der Waals surface area contributed by atoms with Crippen LogP contribution in [0.5, 0.6) is 0 Å². The van der Waals surface area contributed by atoms with Crippen molar-refractivity contribution in [3.05, 3.63) is 18.7 Å². The van der Waals surface area contributed by atoms with Crippen LogP contribution in [0.25, 0.3) is 0 Å². The number of unbranched alkanes of at least 4 members (excludes halogenated alkanes) is 1. The summed E-state index contributed by atoms with van der Waals surface area (Å²) in [5.41, 5.74) is 0. The number of hydrogen-bond acceptors (Lipinski definition) is 1. The Kier molecular flexibility index (Phi) is 6.94. The minimum absolute atomic E-state index is 0.676. The number of rotatable bonds is 9. The van der Waals surface area contributed by atoms with Crippen LogP contribution in [0.1, 0.15) is 46.5 Å². The maximum Gasteiger partial charge on any atom is 0.245 e. The van der Waals surface area contributed by atoms with Crippen molar-refractivity contribution in [3.63, 3.8) is 0 Å². The lowest BCUT2D eigenvalue weighted by Gasteiger charge is -2.13. The molecule has 1 aromatic heterocycles. The third-order valence-electron chi connectivity index (χ3n) is 3.25. The van der Waals surface area contributed by atoms with Crippen molar-refractivity contribution in [1.82, 2.24) is 4.57 Å². The van der Waals surface area contributed by atoms with Gasteiger partial charge in [0.25, 0.3) is 0 Å². The molecule has 0 amide bonds. The van der Waals surface area contributed by atoms with E-state index in [4.69, 9.17) is 4.74 Å². The number of nitrogens with zero attached hydrogens (tertiary/aromatic N) is 2. The minimum Gasteiger partial charge on any atom is -0.341 e. The number of aromatic nitrogens is 2. The fraction of sp³-hybridized carbons (Fsp3) is 0.786. The van der Waals surface area contributed by atoms with Crippen LogP contribution < -0.4 is 4.57 Å². The van der Waals surface area contributed by atoms with Crippen LogP contribution in [-0.4, -0.2) is 11.2 Å². The molecule has 17 heavy (non-hydrogen) atoms. The molecule has 0 bridgehead atoms. The van der Waals surface area contributed by atoms with Crippen LogP contribution in [0.3, 0.4) is 0 Å². The average molecular weight is 239 g/mol. The Morgan fingerprint density at radius 3 is 2.71 bits per heavy atom. The lowest BCUT2D eigenvalue weighted by molar-refractivity contribution is -0.732. The second-order valence-corrected chi connectivity index (χ2v) is 4.67. The van der Waals surface area contributed by atoms with Crippen LogP contribution in [0.4, 0.5) is 0 Å². The van der Waals surface area contributed by atoms with Crippen molar-refractivity contribution >= 4 is 0 Å². The molecule has 3 heteroatoms. The van der Waals surface area contributed by atoms with Gasteiger partial charge in [0.05, 0.1) is 13.2 Å². The van der Waals surface area contributed by atoms with Gasteiger partial charge in [0.15, 0.2) is 6.73 Å². The highest BCUT2D eigenvalue weighted by molar-refractivity contribution is 4.64. The first kappa shape index (κ1) is 14.2.